The van der Waals surface area contributed by atoms with Crippen molar-refractivity contribution in [1.29, 1.82) is 0 Å². The average molecular weight is 327 g/mol. The molecule has 2 aromatic rings. The number of thiophene rings is 1. The Bertz CT molecular complexity index is 570. The maximum absolute atomic E-state index is 4.24. The second kappa shape index (κ2) is 6.92. The number of aromatic nitrogens is 2. The predicted octanol–water partition coefficient (Wildman–Crippen LogP) is 2.75. The molecule has 1 fully saturated rings. The number of piperazine rings is 1. The standard InChI is InChI=1S/C15H22N4S.ClH/c1-11-7-19(8-12(2)17-11)10-14-4-5-15(20-14)13-6-16-18(3)9-13;/h4-6,9,11-12,17H,7-8,10H2,1-3H3;1H. The molecule has 21 heavy (non-hydrogen) atoms. The zero-order valence-electron chi connectivity index (χ0n) is 12.7. The summed E-state index contributed by atoms with van der Waals surface area (Å²) in [5.41, 5.74) is 1.21. The van der Waals surface area contributed by atoms with E-state index in [0.29, 0.717) is 12.1 Å². The molecular weight excluding hydrogens is 304 g/mol. The Hall–Kier alpha value is -0.880. The van der Waals surface area contributed by atoms with Gasteiger partial charge < -0.3 is 5.32 Å². The first kappa shape index (κ1) is 16.5. The van der Waals surface area contributed by atoms with Crippen LogP contribution >= 0.6 is 23.7 Å². The summed E-state index contributed by atoms with van der Waals surface area (Å²) in [4.78, 5) is 5.29. The van der Waals surface area contributed by atoms with E-state index in [1.54, 1.807) is 0 Å². The normalized spacial score (nSPS) is 23.0. The highest BCUT2D eigenvalue weighted by Crippen LogP contribution is 2.28. The first-order valence-corrected chi connectivity index (χ1v) is 7.98. The van der Waals surface area contributed by atoms with Gasteiger partial charge in [0, 0.05) is 60.3 Å². The molecule has 1 aliphatic rings. The molecule has 3 heterocycles. The molecule has 6 heteroatoms. The molecule has 1 N–H and O–H groups in total. The van der Waals surface area contributed by atoms with Gasteiger partial charge in [-0.2, -0.15) is 5.10 Å². The molecule has 4 nitrogen and oxygen atoms in total. The zero-order chi connectivity index (χ0) is 14.1. The summed E-state index contributed by atoms with van der Waals surface area (Å²) in [5.74, 6) is 0. The SMILES string of the molecule is CC1CN(Cc2ccc(-c3cnn(C)c3)s2)CC(C)N1.Cl. The monoisotopic (exact) mass is 326 g/mol. The number of hydrogen-bond donors (Lipinski definition) is 1. The van der Waals surface area contributed by atoms with Crippen molar-refractivity contribution in [3.63, 3.8) is 0 Å². The Balaban J connectivity index is 0.00000161. The van der Waals surface area contributed by atoms with Gasteiger partial charge in [0.2, 0.25) is 0 Å². The van der Waals surface area contributed by atoms with Crippen molar-refractivity contribution in [3.05, 3.63) is 29.4 Å². The molecule has 0 saturated carbocycles. The Morgan fingerprint density at radius 2 is 2.00 bits per heavy atom. The minimum atomic E-state index is 0. The van der Waals surface area contributed by atoms with Crippen LogP contribution in [0.4, 0.5) is 0 Å². The summed E-state index contributed by atoms with van der Waals surface area (Å²) < 4.78 is 1.86. The van der Waals surface area contributed by atoms with Gasteiger partial charge >= 0.3 is 0 Å². The molecule has 116 valence electrons. The molecule has 1 saturated heterocycles. The Morgan fingerprint density at radius 3 is 2.62 bits per heavy atom. The van der Waals surface area contributed by atoms with Crippen LogP contribution in [0.1, 0.15) is 18.7 Å². The maximum Gasteiger partial charge on any atom is 0.0576 e. The second-order valence-electron chi connectivity index (χ2n) is 5.83. The summed E-state index contributed by atoms with van der Waals surface area (Å²) in [6.07, 6.45) is 4.01. The van der Waals surface area contributed by atoms with Crippen LogP contribution in [-0.4, -0.2) is 39.9 Å². The Labute approximate surface area is 136 Å². The second-order valence-corrected chi connectivity index (χ2v) is 7.00. The van der Waals surface area contributed by atoms with E-state index in [-0.39, 0.29) is 12.4 Å². The molecule has 0 radical (unpaired) electrons. The predicted molar refractivity (Wildman–Crippen MR) is 91.1 cm³/mol. The molecule has 1 aliphatic heterocycles. The van der Waals surface area contributed by atoms with Gasteiger partial charge in [0.05, 0.1) is 6.20 Å². The van der Waals surface area contributed by atoms with Crippen LogP contribution in [0, 0.1) is 0 Å². The van der Waals surface area contributed by atoms with Gasteiger partial charge in [-0.1, -0.05) is 0 Å². The fourth-order valence-corrected chi connectivity index (χ4v) is 3.98. The summed E-state index contributed by atoms with van der Waals surface area (Å²) in [6.45, 7) is 7.84. The summed E-state index contributed by atoms with van der Waals surface area (Å²) in [6, 6.07) is 5.63. The van der Waals surface area contributed by atoms with E-state index in [0.717, 1.165) is 19.6 Å². The van der Waals surface area contributed by atoms with E-state index < -0.39 is 0 Å². The molecule has 2 atom stereocenters. The van der Waals surface area contributed by atoms with Crippen molar-refractivity contribution >= 4 is 23.7 Å². The number of nitrogens with one attached hydrogen (secondary N) is 1. The van der Waals surface area contributed by atoms with Crippen LogP contribution in [0.5, 0.6) is 0 Å². The number of aryl methyl sites for hydroxylation is 1. The van der Waals surface area contributed by atoms with Crippen LogP contribution in [0.3, 0.4) is 0 Å². The zero-order valence-corrected chi connectivity index (χ0v) is 14.4. The van der Waals surface area contributed by atoms with Crippen LogP contribution in [0.15, 0.2) is 24.5 Å². The molecule has 3 rings (SSSR count). The van der Waals surface area contributed by atoms with Gasteiger partial charge in [-0.3, -0.25) is 9.58 Å². The van der Waals surface area contributed by atoms with Gasteiger partial charge in [-0.25, -0.2) is 0 Å². The highest BCUT2D eigenvalue weighted by Gasteiger charge is 2.21. The third kappa shape index (κ3) is 4.07. The van der Waals surface area contributed by atoms with Crippen LogP contribution in [0.25, 0.3) is 10.4 Å². The maximum atomic E-state index is 4.24. The van der Waals surface area contributed by atoms with Crippen molar-refractivity contribution in [2.24, 2.45) is 7.05 Å². The lowest BCUT2D eigenvalue weighted by molar-refractivity contribution is 0.168. The lowest BCUT2D eigenvalue weighted by Crippen LogP contribution is -2.53. The van der Waals surface area contributed by atoms with E-state index in [9.17, 15) is 0 Å². The minimum absolute atomic E-state index is 0. The minimum Gasteiger partial charge on any atom is -0.309 e. The van der Waals surface area contributed by atoms with Crippen molar-refractivity contribution < 1.29 is 0 Å². The van der Waals surface area contributed by atoms with Gasteiger partial charge in [0.25, 0.3) is 0 Å². The number of hydrogen-bond acceptors (Lipinski definition) is 4. The first-order valence-electron chi connectivity index (χ1n) is 7.16. The average Bonchev–Trinajstić information content (AvgIpc) is 2.96. The van der Waals surface area contributed by atoms with E-state index in [1.807, 2.05) is 29.3 Å². The Kier molecular flexibility index (Phi) is 5.43. The van der Waals surface area contributed by atoms with Crippen LogP contribution < -0.4 is 5.32 Å². The van der Waals surface area contributed by atoms with E-state index in [1.165, 1.54) is 15.3 Å². The smallest absolute Gasteiger partial charge is 0.0576 e. The van der Waals surface area contributed by atoms with Crippen molar-refractivity contribution in [2.75, 3.05) is 13.1 Å². The molecule has 0 spiro atoms. The van der Waals surface area contributed by atoms with Crippen molar-refractivity contribution in [1.82, 2.24) is 20.0 Å². The number of nitrogens with zero attached hydrogens (tertiary/aromatic N) is 3. The van der Waals surface area contributed by atoms with Gasteiger partial charge in [0.1, 0.15) is 0 Å². The largest absolute Gasteiger partial charge is 0.309 e. The number of rotatable bonds is 3. The third-order valence-corrected chi connectivity index (χ3v) is 4.78. The molecule has 2 unspecified atom stereocenters. The summed E-state index contributed by atoms with van der Waals surface area (Å²) >= 11 is 1.88. The van der Waals surface area contributed by atoms with Crippen LogP contribution in [0.2, 0.25) is 0 Å². The molecular formula is C15H23ClN4S. The molecule has 2 aromatic heterocycles. The van der Waals surface area contributed by atoms with Gasteiger partial charge in [0.15, 0.2) is 0 Å². The highest BCUT2D eigenvalue weighted by atomic mass is 35.5. The fraction of sp³-hybridized carbons (Fsp3) is 0.533. The fourth-order valence-electron chi connectivity index (χ4n) is 2.96. The molecule has 0 aromatic carbocycles. The lowest BCUT2D eigenvalue weighted by atomic mass is 10.1. The first-order chi connectivity index (χ1) is 9.60. The quantitative estimate of drug-likeness (QED) is 0.941. The lowest BCUT2D eigenvalue weighted by Gasteiger charge is -2.35. The van der Waals surface area contributed by atoms with Crippen LogP contribution in [-0.2, 0) is 13.6 Å². The van der Waals surface area contributed by atoms with E-state index in [4.69, 9.17) is 0 Å². The summed E-state index contributed by atoms with van der Waals surface area (Å²) in [7, 11) is 1.96. The number of halogens is 1. The topological polar surface area (TPSA) is 33.1 Å². The van der Waals surface area contributed by atoms with Gasteiger partial charge in [-0.15, -0.1) is 23.7 Å². The molecule has 0 bridgehead atoms. The van der Waals surface area contributed by atoms with Crippen molar-refractivity contribution in [2.45, 2.75) is 32.5 Å². The molecule has 0 aliphatic carbocycles. The third-order valence-electron chi connectivity index (χ3n) is 3.66. The van der Waals surface area contributed by atoms with Crippen molar-refractivity contribution in [3.8, 4) is 10.4 Å². The van der Waals surface area contributed by atoms with Gasteiger partial charge in [-0.05, 0) is 26.0 Å². The van der Waals surface area contributed by atoms with E-state index >= 15 is 0 Å². The Morgan fingerprint density at radius 1 is 1.29 bits per heavy atom. The highest BCUT2D eigenvalue weighted by molar-refractivity contribution is 7.15. The van der Waals surface area contributed by atoms with E-state index in [2.05, 4.69) is 47.5 Å². The molecule has 0 amide bonds. The summed E-state index contributed by atoms with van der Waals surface area (Å²) in [5, 5.41) is 7.82.